The molecule has 8 nitrogen and oxygen atoms in total. The molecule has 0 aliphatic carbocycles. The van der Waals surface area contributed by atoms with Crippen LogP contribution in [0.4, 0.5) is 0 Å². The van der Waals surface area contributed by atoms with Gasteiger partial charge in [-0.15, -0.1) is 11.3 Å². The van der Waals surface area contributed by atoms with Crippen LogP contribution < -0.4 is 5.32 Å². The highest BCUT2D eigenvalue weighted by molar-refractivity contribution is 7.13. The van der Waals surface area contributed by atoms with Gasteiger partial charge >= 0.3 is 0 Å². The van der Waals surface area contributed by atoms with Crippen molar-refractivity contribution in [3.8, 4) is 10.4 Å². The molecule has 4 rings (SSSR count). The van der Waals surface area contributed by atoms with Crippen molar-refractivity contribution in [2.24, 2.45) is 11.8 Å². The number of hydrogen-bond donors (Lipinski definition) is 3. The third kappa shape index (κ3) is 7.29. The highest BCUT2D eigenvalue weighted by Crippen LogP contribution is 2.37. The summed E-state index contributed by atoms with van der Waals surface area (Å²) in [7, 11) is 2.13. The molecule has 222 valence electrons. The number of carbonyl (C=O) groups is 2. The van der Waals surface area contributed by atoms with Gasteiger partial charge in [-0.05, 0) is 74.5 Å². The van der Waals surface area contributed by atoms with Crippen molar-refractivity contribution in [3.05, 3.63) is 40.5 Å². The van der Waals surface area contributed by atoms with E-state index in [1.165, 1.54) is 4.90 Å². The van der Waals surface area contributed by atoms with Crippen molar-refractivity contribution in [3.63, 3.8) is 0 Å². The number of likely N-dealkylation sites (tertiary alicyclic amines) is 2. The molecule has 4 unspecified atom stereocenters. The molecular weight excluding hydrogens is 524 g/mol. The first-order valence-electron chi connectivity index (χ1n) is 14.7. The van der Waals surface area contributed by atoms with Gasteiger partial charge in [0, 0.05) is 18.9 Å². The Morgan fingerprint density at radius 2 is 1.85 bits per heavy atom. The third-order valence-corrected chi connectivity index (χ3v) is 9.36. The summed E-state index contributed by atoms with van der Waals surface area (Å²) < 4.78 is 0. The summed E-state index contributed by atoms with van der Waals surface area (Å²) >= 11 is 1.61. The lowest BCUT2D eigenvalue weighted by Gasteiger charge is -2.33. The molecule has 1 aromatic heterocycles. The second-order valence-electron chi connectivity index (χ2n) is 11.4. The van der Waals surface area contributed by atoms with E-state index in [1.54, 1.807) is 11.3 Å². The highest BCUT2D eigenvalue weighted by Gasteiger charge is 2.41. The van der Waals surface area contributed by atoms with E-state index in [4.69, 9.17) is 0 Å². The maximum absolute atomic E-state index is 13.5. The molecule has 9 heteroatoms. The molecule has 2 aromatic rings. The molecule has 0 spiro atoms. The number of aliphatic hydroxyl groups is 2. The lowest BCUT2D eigenvalue weighted by Crippen LogP contribution is -2.49. The number of benzene rings is 1. The molecule has 0 bridgehead atoms. The Labute approximate surface area is 243 Å². The molecule has 0 radical (unpaired) electrons. The average Bonchev–Trinajstić information content (AvgIpc) is 3.57. The minimum absolute atomic E-state index is 0.117. The first-order chi connectivity index (χ1) is 19.1. The summed E-state index contributed by atoms with van der Waals surface area (Å²) in [5.41, 5.74) is 6.01. The fourth-order valence-corrected chi connectivity index (χ4v) is 6.43. The van der Waals surface area contributed by atoms with E-state index in [-0.39, 0.29) is 43.2 Å². The van der Waals surface area contributed by atoms with Crippen molar-refractivity contribution < 1.29 is 19.8 Å². The third-order valence-electron chi connectivity index (χ3n) is 8.38. The van der Waals surface area contributed by atoms with Crippen molar-refractivity contribution >= 4 is 23.2 Å². The normalized spacial score (nSPS) is 21.6. The summed E-state index contributed by atoms with van der Waals surface area (Å²) in [6.45, 7) is 13.7. The van der Waals surface area contributed by atoms with E-state index in [2.05, 4.69) is 28.3 Å². The van der Waals surface area contributed by atoms with Gasteiger partial charge in [0.15, 0.2) is 0 Å². The molecule has 0 saturated carbocycles. The van der Waals surface area contributed by atoms with Gasteiger partial charge < -0.3 is 25.3 Å². The van der Waals surface area contributed by atoms with Crippen LogP contribution in [0, 0.1) is 18.8 Å². The predicted octanol–water partition coefficient (Wildman–Crippen LogP) is 4.36. The number of aryl methyl sites for hydroxylation is 1. The molecule has 4 atom stereocenters. The largest absolute Gasteiger partial charge is 0.394 e. The Morgan fingerprint density at radius 3 is 2.42 bits per heavy atom. The molecule has 3 heterocycles. The molecule has 2 amide bonds. The van der Waals surface area contributed by atoms with E-state index in [0.29, 0.717) is 5.92 Å². The van der Waals surface area contributed by atoms with Crippen LogP contribution in [0.2, 0.25) is 0 Å². The SMILES string of the molecule is CC.Cc1ncsc1-c1ccc(C(CO)NC(=O)C2CC(O)CN2C(=O)C(C)C(C)C)c(C2CCN(C)CC2)c1. The van der Waals surface area contributed by atoms with Crippen LogP contribution in [-0.2, 0) is 9.59 Å². The highest BCUT2D eigenvalue weighted by atomic mass is 32.1. The second-order valence-corrected chi connectivity index (χ2v) is 12.2. The Balaban J connectivity index is 0.00000216. The van der Waals surface area contributed by atoms with Gasteiger partial charge in [-0.2, -0.15) is 0 Å². The molecule has 1 aromatic carbocycles. The first-order valence-corrected chi connectivity index (χ1v) is 15.6. The fourth-order valence-electron chi connectivity index (χ4n) is 5.63. The second kappa shape index (κ2) is 14.5. The molecule has 2 aliphatic rings. The standard InChI is InChI=1S/C29H42N4O4S.C2H6/c1-17(2)18(3)29(37)33-14-22(35)13-26(33)28(36)31-25(15-34)23-7-6-21(27-19(4)30-16-38-27)12-24(23)20-8-10-32(5)11-9-20;1-2/h6-7,12,16-18,20,22,25-26,34-35H,8-11,13-15H2,1-5H3,(H,31,36);1-2H3. The van der Waals surface area contributed by atoms with Gasteiger partial charge in [0.1, 0.15) is 6.04 Å². The maximum Gasteiger partial charge on any atom is 0.243 e. The Morgan fingerprint density at radius 1 is 1.18 bits per heavy atom. The first kappa shape index (κ1) is 32.2. The van der Waals surface area contributed by atoms with Crippen molar-refractivity contribution in [2.75, 3.05) is 33.3 Å². The summed E-state index contributed by atoms with van der Waals surface area (Å²) in [6, 6.07) is 4.92. The number of thiazole rings is 1. The number of aromatic nitrogens is 1. The van der Waals surface area contributed by atoms with Crippen LogP contribution in [0.3, 0.4) is 0 Å². The smallest absolute Gasteiger partial charge is 0.243 e. The number of aliphatic hydroxyl groups excluding tert-OH is 2. The average molecular weight is 573 g/mol. The van der Waals surface area contributed by atoms with E-state index in [9.17, 15) is 19.8 Å². The predicted molar refractivity (Wildman–Crippen MR) is 161 cm³/mol. The molecule has 2 aliphatic heterocycles. The van der Waals surface area contributed by atoms with Gasteiger partial charge in [-0.3, -0.25) is 9.59 Å². The fraction of sp³-hybridized carbons (Fsp3) is 0.645. The van der Waals surface area contributed by atoms with Gasteiger partial charge in [0.05, 0.1) is 34.8 Å². The zero-order chi connectivity index (χ0) is 29.6. The minimum Gasteiger partial charge on any atom is -0.394 e. The number of carbonyl (C=O) groups excluding carboxylic acids is 2. The molecule has 2 fully saturated rings. The van der Waals surface area contributed by atoms with E-state index >= 15 is 0 Å². The van der Waals surface area contributed by atoms with E-state index < -0.39 is 18.2 Å². The molecule has 3 N–H and O–H groups in total. The van der Waals surface area contributed by atoms with E-state index in [0.717, 1.165) is 53.2 Å². The van der Waals surface area contributed by atoms with Crippen LogP contribution in [-0.4, -0.2) is 82.2 Å². The lowest BCUT2D eigenvalue weighted by atomic mass is 9.83. The van der Waals surface area contributed by atoms with Crippen LogP contribution >= 0.6 is 11.3 Å². The Kier molecular flexibility index (Phi) is 11.7. The van der Waals surface area contributed by atoms with Crippen LogP contribution in [0.15, 0.2) is 23.7 Å². The van der Waals surface area contributed by atoms with Crippen LogP contribution in [0.25, 0.3) is 10.4 Å². The Hall–Kier alpha value is -2.33. The van der Waals surface area contributed by atoms with Gasteiger partial charge in [0.2, 0.25) is 11.8 Å². The minimum atomic E-state index is -0.751. The molecule has 2 saturated heterocycles. The number of piperidine rings is 1. The molecular formula is C31H48N4O4S. The zero-order valence-electron chi connectivity index (χ0n) is 25.2. The maximum atomic E-state index is 13.5. The Bertz CT molecular complexity index is 1130. The number of β-amino-alcohol motifs (C(OH)–C–C–N with tert-alkyl or cyclic N) is 1. The van der Waals surface area contributed by atoms with E-state index in [1.807, 2.05) is 59.2 Å². The number of hydrogen-bond acceptors (Lipinski definition) is 7. The van der Waals surface area contributed by atoms with Crippen molar-refractivity contribution in [2.45, 2.75) is 84.9 Å². The number of nitrogens with one attached hydrogen (secondary N) is 1. The monoisotopic (exact) mass is 572 g/mol. The number of nitrogens with zero attached hydrogens (tertiary/aromatic N) is 3. The van der Waals surface area contributed by atoms with Crippen LogP contribution in [0.5, 0.6) is 0 Å². The number of amides is 2. The lowest BCUT2D eigenvalue weighted by molar-refractivity contribution is -0.142. The zero-order valence-corrected chi connectivity index (χ0v) is 26.0. The summed E-state index contributed by atoms with van der Waals surface area (Å²) in [5.74, 6) is -0.247. The van der Waals surface area contributed by atoms with Crippen LogP contribution in [0.1, 0.15) is 82.7 Å². The number of rotatable bonds is 8. The van der Waals surface area contributed by atoms with Gasteiger partial charge in [-0.25, -0.2) is 4.98 Å². The summed E-state index contributed by atoms with van der Waals surface area (Å²) in [4.78, 5) is 36.0. The van der Waals surface area contributed by atoms with Crippen molar-refractivity contribution in [1.29, 1.82) is 0 Å². The van der Waals surface area contributed by atoms with Gasteiger partial charge in [-0.1, -0.05) is 46.8 Å². The van der Waals surface area contributed by atoms with Crippen molar-refractivity contribution in [1.82, 2.24) is 20.1 Å². The summed E-state index contributed by atoms with van der Waals surface area (Å²) in [6.07, 6.45) is 1.47. The molecule has 40 heavy (non-hydrogen) atoms. The van der Waals surface area contributed by atoms with Gasteiger partial charge in [0.25, 0.3) is 0 Å². The quantitative estimate of drug-likeness (QED) is 0.434. The topological polar surface area (TPSA) is 106 Å². The summed E-state index contributed by atoms with van der Waals surface area (Å²) in [5, 5.41) is 23.8.